The van der Waals surface area contributed by atoms with E-state index in [-0.39, 0.29) is 11.9 Å². The second-order valence-electron chi connectivity index (χ2n) is 4.13. The van der Waals surface area contributed by atoms with E-state index in [9.17, 15) is 0 Å². The number of methoxy groups -OCH3 is 1. The second-order valence-corrected chi connectivity index (χ2v) is 4.13. The van der Waals surface area contributed by atoms with Crippen LogP contribution in [0.4, 0.5) is 0 Å². The highest BCUT2D eigenvalue weighted by atomic mass is 16.7. The summed E-state index contributed by atoms with van der Waals surface area (Å²) in [5.41, 5.74) is -0.132. The van der Waals surface area contributed by atoms with Crippen LogP contribution in [0.1, 0.15) is 34.1 Å². The van der Waals surface area contributed by atoms with Crippen LogP contribution in [0.2, 0.25) is 0 Å². The fourth-order valence-corrected chi connectivity index (χ4v) is 1.12. The second kappa shape index (κ2) is 8.93. The highest BCUT2D eigenvalue weighted by Gasteiger charge is 2.16. The molecule has 0 saturated heterocycles. The Hall–Kier alpha value is -0.160. The van der Waals surface area contributed by atoms with E-state index >= 15 is 0 Å². The fourth-order valence-electron chi connectivity index (χ4n) is 1.12. The molecule has 4 heteroatoms. The van der Waals surface area contributed by atoms with E-state index in [1.807, 2.05) is 27.7 Å². The largest absolute Gasteiger partial charge is 0.379 e. The number of rotatable bonds is 10. The van der Waals surface area contributed by atoms with Crippen molar-refractivity contribution < 1.29 is 18.9 Å². The minimum Gasteiger partial charge on any atom is -0.379 e. The lowest BCUT2D eigenvalue weighted by molar-refractivity contribution is -0.169. The van der Waals surface area contributed by atoms with Crippen molar-refractivity contribution in [3.8, 4) is 0 Å². The van der Waals surface area contributed by atoms with Crippen molar-refractivity contribution in [3.63, 3.8) is 0 Å². The lowest BCUT2D eigenvalue weighted by atomic mass is 10.1. The first-order chi connectivity index (χ1) is 7.55. The molecule has 0 fully saturated rings. The van der Waals surface area contributed by atoms with E-state index in [2.05, 4.69) is 0 Å². The summed E-state index contributed by atoms with van der Waals surface area (Å²) in [4.78, 5) is 0. The molecule has 0 aromatic carbocycles. The van der Waals surface area contributed by atoms with Crippen molar-refractivity contribution in [2.24, 2.45) is 0 Å². The Morgan fingerprint density at radius 2 is 1.62 bits per heavy atom. The van der Waals surface area contributed by atoms with Gasteiger partial charge in [-0.3, -0.25) is 0 Å². The summed E-state index contributed by atoms with van der Waals surface area (Å²) in [6.07, 6.45) is 0.606. The Kier molecular flexibility index (Phi) is 8.84. The lowest BCUT2D eigenvalue weighted by Crippen LogP contribution is -2.27. The van der Waals surface area contributed by atoms with E-state index in [4.69, 9.17) is 18.9 Å². The van der Waals surface area contributed by atoms with Crippen LogP contribution in [-0.2, 0) is 18.9 Å². The minimum atomic E-state index is -0.249. The van der Waals surface area contributed by atoms with Gasteiger partial charge in [0.2, 0.25) is 0 Å². The minimum absolute atomic E-state index is 0.132. The van der Waals surface area contributed by atoms with Crippen LogP contribution in [0, 0.1) is 0 Å². The summed E-state index contributed by atoms with van der Waals surface area (Å²) in [7, 11) is 1.71. The zero-order valence-electron chi connectivity index (χ0n) is 11.2. The van der Waals surface area contributed by atoms with Crippen molar-refractivity contribution in [1.82, 2.24) is 0 Å². The standard InChI is InChI=1S/C12H26O4/c1-6-15-11(16-7-2)10-14-9-8-12(3,4)13-5/h11H,6-10H2,1-5H3. The smallest absolute Gasteiger partial charge is 0.180 e. The van der Waals surface area contributed by atoms with Gasteiger partial charge in [0.1, 0.15) is 0 Å². The van der Waals surface area contributed by atoms with Crippen molar-refractivity contribution in [3.05, 3.63) is 0 Å². The molecule has 0 amide bonds. The molecule has 0 unspecified atom stereocenters. The van der Waals surface area contributed by atoms with Crippen LogP contribution in [0.5, 0.6) is 0 Å². The molecule has 0 saturated carbocycles. The summed E-state index contributed by atoms with van der Waals surface area (Å²) in [5.74, 6) is 0. The first kappa shape index (κ1) is 15.8. The molecular formula is C12H26O4. The third-order valence-corrected chi connectivity index (χ3v) is 2.36. The zero-order valence-corrected chi connectivity index (χ0v) is 11.2. The molecule has 0 aliphatic carbocycles. The summed E-state index contributed by atoms with van der Waals surface area (Å²) < 4.78 is 21.5. The van der Waals surface area contributed by atoms with E-state index in [0.29, 0.717) is 26.4 Å². The molecule has 0 rings (SSSR count). The van der Waals surface area contributed by atoms with Crippen molar-refractivity contribution in [2.75, 3.05) is 33.5 Å². The summed E-state index contributed by atoms with van der Waals surface area (Å²) in [6.45, 7) is 10.4. The van der Waals surface area contributed by atoms with Crippen LogP contribution >= 0.6 is 0 Å². The van der Waals surface area contributed by atoms with E-state index in [1.165, 1.54) is 0 Å². The Bertz CT molecular complexity index is 153. The molecule has 0 heterocycles. The molecule has 0 bridgehead atoms. The van der Waals surface area contributed by atoms with Crippen LogP contribution in [0.25, 0.3) is 0 Å². The van der Waals surface area contributed by atoms with Gasteiger partial charge in [-0.1, -0.05) is 0 Å². The van der Waals surface area contributed by atoms with Gasteiger partial charge in [-0.05, 0) is 34.1 Å². The zero-order chi connectivity index (χ0) is 12.4. The molecule has 16 heavy (non-hydrogen) atoms. The maximum atomic E-state index is 5.51. The predicted molar refractivity (Wildman–Crippen MR) is 63.6 cm³/mol. The van der Waals surface area contributed by atoms with E-state index in [0.717, 1.165) is 6.42 Å². The normalized spacial score (nSPS) is 12.4. The molecule has 4 nitrogen and oxygen atoms in total. The monoisotopic (exact) mass is 234 g/mol. The quantitative estimate of drug-likeness (QED) is 0.429. The maximum absolute atomic E-state index is 5.51. The topological polar surface area (TPSA) is 36.9 Å². The van der Waals surface area contributed by atoms with E-state index < -0.39 is 0 Å². The average molecular weight is 234 g/mol. The van der Waals surface area contributed by atoms with Gasteiger partial charge in [-0.25, -0.2) is 0 Å². The SMILES string of the molecule is CCOC(COCCC(C)(C)OC)OCC. The Morgan fingerprint density at radius 1 is 1.06 bits per heavy atom. The Balaban J connectivity index is 3.61. The fraction of sp³-hybridized carbons (Fsp3) is 1.00. The molecule has 0 aromatic rings. The van der Waals surface area contributed by atoms with Gasteiger partial charge in [0, 0.05) is 26.9 Å². The Labute approximate surface area is 99.2 Å². The van der Waals surface area contributed by atoms with Gasteiger partial charge in [0.05, 0.1) is 12.2 Å². The lowest BCUT2D eigenvalue weighted by Gasteiger charge is -2.23. The molecule has 0 N–H and O–H groups in total. The van der Waals surface area contributed by atoms with E-state index in [1.54, 1.807) is 7.11 Å². The predicted octanol–water partition coefficient (Wildman–Crippen LogP) is 2.22. The van der Waals surface area contributed by atoms with Gasteiger partial charge in [0.25, 0.3) is 0 Å². The van der Waals surface area contributed by atoms with Crippen molar-refractivity contribution in [2.45, 2.75) is 46.0 Å². The summed E-state index contributed by atoms with van der Waals surface area (Å²) in [6, 6.07) is 0. The molecule has 0 spiro atoms. The number of ether oxygens (including phenoxy) is 4. The van der Waals surface area contributed by atoms with Crippen LogP contribution < -0.4 is 0 Å². The highest BCUT2D eigenvalue weighted by molar-refractivity contribution is 4.66. The molecule has 0 radical (unpaired) electrons. The van der Waals surface area contributed by atoms with Gasteiger partial charge < -0.3 is 18.9 Å². The highest BCUT2D eigenvalue weighted by Crippen LogP contribution is 2.12. The molecule has 0 aliphatic heterocycles. The molecule has 0 aromatic heterocycles. The summed E-state index contributed by atoms with van der Waals surface area (Å²) in [5, 5.41) is 0. The molecule has 0 aliphatic rings. The van der Waals surface area contributed by atoms with Crippen molar-refractivity contribution >= 4 is 0 Å². The first-order valence-corrected chi connectivity index (χ1v) is 5.91. The first-order valence-electron chi connectivity index (χ1n) is 5.91. The van der Waals surface area contributed by atoms with Crippen LogP contribution in [-0.4, -0.2) is 45.4 Å². The maximum Gasteiger partial charge on any atom is 0.180 e. The summed E-state index contributed by atoms with van der Waals surface area (Å²) >= 11 is 0. The van der Waals surface area contributed by atoms with Crippen LogP contribution in [0.3, 0.4) is 0 Å². The Morgan fingerprint density at radius 3 is 2.06 bits per heavy atom. The van der Waals surface area contributed by atoms with Gasteiger partial charge in [-0.15, -0.1) is 0 Å². The molecule has 98 valence electrons. The number of hydrogen-bond donors (Lipinski definition) is 0. The molecule has 0 atom stereocenters. The van der Waals surface area contributed by atoms with Gasteiger partial charge >= 0.3 is 0 Å². The van der Waals surface area contributed by atoms with Crippen LogP contribution in [0.15, 0.2) is 0 Å². The number of hydrogen-bond acceptors (Lipinski definition) is 4. The van der Waals surface area contributed by atoms with Gasteiger partial charge in [-0.2, -0.15) is 0 Å². The average Bonchev–Trinajstić information content (AvgIpc) is 2.25. The third kappa shape index (κ3) is 8.05. The third-order valence-electron chi connectivity index (χ3n) is 2.36. The molecular weight excluding hydrogens is 208 g/mol. The van der Waals surface area contributed by atoms with Crippen molar-refractivity contribution in [1.29, 1.82) is 0 Å². The van der Waals surface area contributed by atoms with Gasteiger partial charge in [0.15, 0.2) is 6.29 Å².